The molecule has 0 bridgehead atoms. The minimum Gasteiger partial charge on any atom is -0.497 e. The average molecular weight is 404 g/mol. The first-order chi connectivity index (χ1) is 13.8. The van der Waals surface area contributed by atoms with Gasteiger partial charge in [-0.05, 0) is 37.3 Å². The summed E-state index contributed by atoms with van der Waals surface area (Å²) in [6.07, 6.45) is -1.16. The number of nitrogens with zero attached hydrogens (tertiary/aromatic N) is 1. The number of benzene rings is 2. The number of anilines is 1. The van der Waals surface area contributed by atoms with Crippen molar-refractivity contribution >= 4 is 23.3 Å². The van der Waals surface area contributed by atoms with Crippen molar-refractivity contribution in [2.45, 2.75) is 13.0 Å². The molecule has 0 aromatic heterocycles. The molecule has 1 atom stereocenters. The number of rotatable bonds is 9. The molecule has 154 valence electrons. The molecule has 0 spiro atoms. The standard InChI is InChI=1S/C19H20N2O8/c1-12(29-18(22)11-28-15-7-5-14(26-2)6-8-15)19(23)20-16-10-13(21(24)25)4-9-17(16)27-3/h4-10,12H,11H2,1-3H3,(H,20,23). The highest BCUT2D eigenvalue weighted by Crippen LogP contribution is 2.29. The molecule has 2 rings (SSSR count). The van der Waals surface area contributed by atoms with Crippen LogP contribution in [0.3, 0.4) is 0 Å². The van der Waals surface area contributed by atoms with E-state index < -0.39 is 29.5 Å². The Kier molecular flexibility index (Phi) is 7.35. The first kappa shape index (κ1) is 21.5. The summed E-state index contributed by atoms with van der Waals surface area (Å²) in [6.45, 7) is 0.967. The third-order valence-corrected chi connectivity index (χ3v) is 3.75. The number of esters is 1. The highest BCUT2D eigenvalue weighted by atomic mass is 16.6. The van der Waals surface area contributed by atoms with Crippen LogP contribution in [0.25, 0.3) is 0 Å². The molecule has 1 N–H and O–H groups in total. The quantitative estimate of drug-likeness (QED) is 0.384. The molecule has 10 nitrogen and oxygen atoms in total. The number of hydrogen-bond acceptors (Lipinski definition) is 8. The Morgan fingerprint density at radius 2 is 1.72 bits per heavy atom. The number of nitro benzene ring substituents is 1. The van der Waals surface area contributed by atoms with Gasteiger partial charge in [0.05, 0.1) is 24.8 Å². The topological polar surface area (TPSA) is 126 Å². The van der Waals surface area contributed by atoms with Crippen molar-refractivity contribution < 1.29 is 33.5 Å². The fourth-order valence-corrected chi connectivity index (χ4v) is 2.24. The zero-order valence-corrected chi connectivity index (χ0v) is 16.0. The van der Waals surface area contributed by atoms with Gasteiger partial charge in [-0.1, -0.05) is 0 Å². The van der Waals surface area contributed by atoms with Crippen molar-refractivity contribution in [1.82, 2.24) is 0 Å². The van der Waals surface area contributed by atoms with E-state index in [1.807, 2.05) is 0 Å². The Labute approximate surface area is 166 Å². The van der Waals surface area contributed by atoms with Gasteiger partial charge in [0.25, 0.3) is 11.6 Å². The van der Waals surface area contributed by atoms with E-state index in [-0.39, 0.29) is 17.1 Å². The lowest BCUT2D eigenvalue weighted by Gasteiger charge is -2.15. The van der Waals surface area contributed by atoms with E-state index in [2.05, 4.69) is 5.32 Å². The van der Waals surface area contributed by atoms with E-state index in [0.29, 0.717) is 11.5 Å². The number of amides is 1. The molecular formula is C19H20N2O8. The van der Waals surface area contributed by atoms with Gasteiger partial charge < -0.3 is 24.3 Å². The van der Waals surface area contributed by atoms with Crippen molar-refractivity contribution in [2.75, 3.05) is 26.1 Å². The summed E-state index contributed by atoms with van der Waals surface area (Å²) < 4.78 is 20.4. The van der Waals surface area contributed by atoms with Gasteiger partial charge in [0.1, 0.15) is 17.2 Å². The number of carbonyl (C=O) groups is 2. The molecule has 0 aliphatic carbocycles. The van der Waals surface area contributed by atoms with Crippen LogP contribution in [0.15, 0.2) is 42.5 Å². The summed E-state index contributed by atoms with van der Waals surface area (Å²) in [5.74, 6) is -0.135. The van der Waals surface area contributed by atoms with E-state index >= 15 is 0 Å². The Morgan fingerprint density at radius 1 is 1.07 bits per heavy atom. The fraction of sp³-hybridized carbons (Fsp3) is 0.263. The molecule has 0 aliphatic heterocycles. The van der Waals surface area contributed by atoms with Crippen molar-refractivity contribution in [2.24, 2.45) is 0 Å². The Hall–Kier alpha value is -3.82. The summed E-state index contributed by atoms with van der Waals surface area (Å²) >= 11 is 0. The third kappa shape index (κ3) is 6.09. The lowest BCUT2D eigenvalue weighted by Crippen LogP contribution is -2.31. The fourth-order valence-electron chi connectivity index (χ4n) is 2.24. The third-order valence-electron chi connectivity index (χ3n) is 3.75. The van der Waals surface area contributed by atoms with E-state index in [0.717, 1.165) is 6.07 Å². The van der Waals surface area contributed by atoms with Crippen molar-refractivity contribution in [3.63, 3.8) is 0 Å². The second kappa shape index (κ2) is 9.93. The SMILES string of the molecule is COc1ccc(OCC(=O)OC(C)C(=O)Nc2cc([N+](=O)[O-])ccc2OC)cc1. The molecule has 0 radical (unpaired) electrons. The molecular weight excluding hydrogens is 384 g/mol. The molecule has 0 aliphatic rings. The molecule has 1 unspecified atom stereocenters. The summed E-state index contributed by atoms with van der Waals surface area (Å²) in [5.41, 5.74) is -0.136. The van der Waals surface area contributed by atoms with Crippen LogP contribution < -0.4 is 19.5 Å². The normalized spacial score (nSPS) is 11.1. The van der Waals surface area contributed by atoms with Gasteiger partial charge in [0.15, 0.2) is 12.7 Å². The van der Waals surface area contributed by atoms with E-state index in [9.17, 15) is 19.7 Å². The number of carbonyl (C=O) groups excluding carboxylic acids is 2. The molecule has 0 saturated heterocycles. The van der Waals surface area contributed by atoms with Crippen LogP contribution >= 0.6 is 0 Å². The molecule has 0 fully saturated rings. The lowest BCUT2D eigenvalue weighted by molar-refractivity contribution is -0.384. The number of hydrogen-bond donors (Lipinski definition) is 1. The number of nitrogens with one attached hydrogen (secondary N) is 1. The van der Waals surface area contributed by atoms with Crippen molar-refractivity contribution in [1.29, 1.82) is 0 Å². The number of methoxy groups -OCH3 is 2. The minimum atomic E-state index is -1.16. The molecule has 1 amide bonds. The average Bonchev–Trinajstić information content (AvgIpc) is 2.72. The van der Waals surface area contributed by atoms with E-state index in [4.69, 9.17) is 18.9 Å². The second-order valence-electron chi connectivity index (χ2n) is 5.73. The minimum absolute atomic E-state index is 0.0871. The highest BCUT2D eigenvalue weighted by molar-refractivity contribution is 5.96. The number of non-ortho nitro benzene ring substituents is 1. The Balaban J connectivity index is 1.91. The molecule has 10 heteroatoms. The maximum atomic E-state index is 12.3. The Morgan fingerprint density at radius 3 is 2.31 bits per heavy atom. The number of ether oxygens (including phenoxy) is 4. The second-order valence-corrected chi connectivity index (χ2v) is 5.73. The monoisotopic (exact) mass is 404 g/mol. The van der Waals surface area contributed by atoms with Gasteiger partial charge in [0.2, 0.25) is 0 Å². The maximum Gasteiger partial charge on any atom is 0.344 e. The van der Waals surface area contributed by atoms with Gasteiger partial charge in [-0.25, -0.2) is 4.79 Å². The predicted molar refractivity (Wildman–Crippen MR) is 102 cm³/mol. The summed E-state index contributed by atoms with van der Waals surface area (Å²) in [5, 5.41) is 13.4. The van der Waals surface area contributed by atoms with Crippen LogP contribution in [0.2, 0.25) is 0 Å². The highest BCUT2D eigenvalue weighted by Gasteiger charge is 2.21. The van der Waals surface area contributed by atoms with Gasteiger partial charge >= 0.3 is 5.97 Å². The van der Waals surface area contributed by atoms with E-state index in [1.54, 1.807) is 24.3 Å². The molecule has 0 heterocycles. The van der Waals surface area contributed by atoms with Crippen LogP contribution in [0, 0.1) is 10.1 Å². The van der Waals surface area contributed by atoms with Crippen LogP contribution in [0.4, 0.5) is 11.4 Å². The van der Waals surface area contributed by atoms with Crippen LogP contribution in [-0.2, 0) is 14.3 Å². The molecule has 2 aromatic carbocycles. The van der Waals surface area contributed by atoms with Gasteiger partial charge in [-0.15, -0.1) is 0 Å². The van der Waals surface area contributed by atoms with Gasteiger partial charge in [-0.2, -0.15) is 0 Å². The molecule has 0 saturated carbocycles. The van der Waals surface area contributed by atoms with Gasteiger partial charge in [-0.3, -0.25) is 14.9 Å². The van der Waals surface area contributed by atoms with Crippen LogP contribution in [-0.4, -0.2) is 43.7 Å². The predicted octanol–water partition coefficient (Wildman–Crippen LogP) is 2.56. The summed E-state index contributed by atoms with van der Waals surface area (Å²) in [6, 6.07) is 10.3. The summed E-state index contributed by atoms with van der Waals surface area (Å²) in [4.78, 5) is 34.5. The first-order valence-electron chi connectivity index (χ1n) is 8.43. The summed E-state index contributed by atoms with van der Waals surface area (Å²) in [7, 11) is 2.89. The number of nitro groups is 1. The van der Waals surface area contributed by atoms with Crippen LogP contribution in [0.1, 0.15) is 6.92 Å². The lowest BCUT2D eigenvalue weighted by atomic mass is 10.2. The largest absolute Gasteiger partial charge is 0.497 e. The first-order valence-corrected chi connectivity index (χ1v) is 8.43. The van der Waals surface area contributed by atoms with Crippen molar-refractivity contribution in [3.8, 4) is 17.2 Å². The van der Waals surface area contributed by atoms with E-state index in [1.165, 1.54) is 33.3 Å². The van der Waals surface area contributed by atoms with Crippen LogP contribution in [0.5, 0.6) is 17.2 Å². The molecule has 2 aromatic rings. The zero-order chi connectivity index (χ0) is 21.4. The zero-order valence-electron chi connectivity index (χ0n) is 16.0. The maximum absolute atomic E-state index is 12.3. The smallest absolute Gasteiger partial charge is 0.344 e. The van der Waals surface area contributed by atoms with Gasteiger partial charge in [0, 0.05) is 12.1 Å². The Bertz CT molecular complexity index is 882. The van der Waals surface area contributed by atoms with Crippen molar-refractivity contribution in [3.05, 3.63) is 52.6 Å². The molecule has 29 heavy (non-hydrogen) atoms.